The molecule has 122 valence electrons. The minimum absolute atomic E-state index is 0.571. The minimum atomic E-state index is 0.571. The van der Waals surface area contributed by atoms with Gasteiger partial charge in [-0.15, -0.1) is 5.10 Å². The van der Waals surface area contributed by atoms with Crippen molar-refractivity contribution in [2.75, 3.05) is 5.73 Å². The van der Waals surface area contributed by atoms with Crippen molar-refractivity contribution in [3.05, 3.63) is 58.6 Å². The summed E-state index contributed by atoms with van der Waals surface area (Å²) in [7, 11) is 1.76. The molecule has 1 aromatic carbocycles. The highest BCUT2D eigenvalue weighted by Crippen LogP contribution is 2.41. The molecular formula is C15H15N7S2. The van der Waals surface area contributed by atoms with Crippen LogP contribution in [0.4, 0.5) is 5.69 Å². The maximum absolute atomic E-state index is 6.36. The fraction of sp³-hybridized carbons (Fsp3) is 0.0667. The van der Waals surface area contributed by atoms with Crippen molar-refractivity contribution in [1.82, 2.24) is 20.2 Å². The number of benzene rings is 1. The molecule has 2 aromatic rings. The molecule has 0 atom stereocenters. The van der Waals surface area contributed by atoms with Crippen LogP contribution < -0.4 is 11.5 Å². The Morgan fingerprint density at radius 3 is 2.75 bits per heavy atom. The monoisotopic (exact) mass is 357 g/mol. The summed E-state index contributed by atoms with van der Waals surface area (Å²) in [5.41, 5.74) is 15.7. The Kier molecular flexibility index (Phi) is 4.72. The van der Waals surface area contributed by atoms with Gasteiger partial charge in [0.15, 0.2) is 0 Å². The largest absolute Gasteiger partial charge is 0.399 e. The van der Waals surface area contributed by atoms with Crippen LogP contribution in [-0.2, 0) is 7.05 Å². The molecule has 3 rings (SSSR count). The molecule has 9 heteroatoms. The summed E-state index contributed by atoms with van der Waals surface area (Å²) in [4.78, 5) is 4.33. The molecule has 24 heavy (non-hydrogen) atoms. The fourth-order valence-corrected chi connectivity index (χ4v) is 3.87. The van der Waals surface area contributed by atoms with Crippen molar-refractivity contribution in [2.45, 2.75) is 5.16 Å². The molecule has 0 unspecified atom stereocenters. The highest BCUT2D eigenvalue weighted by Gasteiger charge is 2.25. The van der Waals surface area contributed by atoms with Crippen LogP contribution in [0.2, 0.25) is 0 Å². The van der Waals surface area contributed by atoms with Crippen molar-refractivity contribution in [1.29, 1.82) is 0 Å². The van der Waals surface area contributed by atoms with Crippen LogP contribution in [0.5, 0.6) is 0 Å². The standard InChI is InChI=1S/C15H15N7S2/c1-3-18-14-12(13(17)24-15-19-20-21-22(15)2)11(8-23-14)9-4-6-10(16)7-5-9/h3-8H,1,16-17H2,2H3/b13-12+,18-14+. The van der Waals surface area contributed by atoms with Crippen LogP contribution in [0.15, 0.2) is 63.2 Å². The number of aromatic nitrogens is 4. The van der Waals surface area contributed by atoms with Gasteiger partial charge in [0.2, 0.25) is 5.16 Å². The van der Waals surface area contributed by atoms with Gasteiger partial charge < -0.3 is 11.5 Å². The summed E-state index contributed by atoms with van der Waals surface area (Å²) in [6.45, 7) is 3.67. The molecule has 0 bridgehead atoms. The van der Waals surface area contributed by atoms with E-state index < -0.39 is 0 Å². The lowest BCUT2D eigenvalue weighted by Gasteiger charge is -2.10. The van der Waals surface area contributed by atoms with Gasteiger partial charge in [0, 0.05) is 30.1 Å². The second kappa shape index (κ2) is 6.93. The van der Waals surface area contributed by atoms with Gasteiger partial charge in [-0.1, -0.05) is 30.5 Å². The summed E-state index contributed by atoms with van der Waals surface area (Å²) in [5.74, 6) is 0. The molecule has 0 saturated carbocycles. The Hall–Kier alpha value is -2.52. The van der Waals surface area contributed by atoms with E-state index in [1.54, 1.807) is 11.7 Å². The average molecular weight is 357 g/mol. The highest BCUT2D eigenvalue weighted by molar-refractivity contribution is 8.17. The number of hydrogen-bond donors (Lipinski definition) is 2. The van der Waals surface area contributed by atoms with E-state index in [2.05, 4.69) is 27.1 Å². The number of nitrogen functional groups attached to an aromatic ring is 1. The van der Waals surface area contributed by atoms with E-state index in [1.807, 2.05) is 29.7 Å². The van der Waals surface area contributed by atoms with Crippen LogP contribution in [0.1, 0.15) is 5.56 Å². The maximum atomic E-state index is 6.36. The van der Waals surface area contributed by atoms with Crippen LogP contribution in [0, 0.1) is 0 Å². The van der Waals surface area contributed by atoms with Crippen molar-refractivity contribution in [2.24, 2.45) is 17.8 Å². The third-order valence-corrected chi connectivity index (χ3v) is 5.07. The topological polar surface area (TPSA) is 108 Å². The van der Waals surface area contributed by atoms with E-state index in [9.17, 15) is 0 Å². The molecule has 0 amide bonds. The van der Waals surface area contributed by atoms with Gasteiger partial charge in [0.1, 0.15) is 5.04 Å². The summed E-state index contributed by atoms with van der Waals surface area (Å²) in [6, 6.07) is 7.63. The van der Waals surface area contributed by atoms with Gasteiger partial charge >= 0.3 is 0 Å². The average Bonchev–Trinajstić information content (AvgIpc) is 3.15. The van der Waals surface area contributed by atoms with E-state index >= 15 is 0 Å². The van der Waals surface area contributed by atoms with Gasteiger partial charge in [0.05, 0.1) is 5.03 Å². The highest BCUT2D eigenvalue weighted by atomic mass is 32.2. The van der Waals surface area contributed by atoms with Gasteiger partial charge in [-0.3, -0.25) is 0 Å². The zero-order chi connectivity index (χ0) is 17.1. The Balaban J connectivity index is 2.04. The second-order valence-corrected chi connectivity index (χ2v) is 6.68. The molecule has 0 saturated heterocycles. The lowest BCUT2D eigenvalue weighted by Crippen LogP contribution is -2.06. The van der Waals surface area contributed by atoms with E-state index in [-0.39, 0.29) is 0 Å². The zero-order valence-corrected chi connectivity index (χ0v) is 14.5. The van der Waals surface area contributed by atoms with Crippen molar-refractivity contribution in [3.63, 3.8) is 0 Å². The first kappa shape index (κ1) is 16.3. The number of anilines is 1. The van der Waals surface area contributed by atoms with Crippen LogP contribution >= 0.6 is 23.5 Å². The van der Waals surface area contributed by atoms with Crippen molar-refractivity contribution < 1.29 is 0 Å². The van der Waals surface area contributed by atoms with Gasteiger partial charge in [-0.05, 0) is 45.3 Å². The molecule has 4 N–H and O–H groups in total. The first-order valence-electron chi connectivity index (χ1n) is 6.92. The number of nitrogens with zero attached hydrogens (tertiary/aromatic N) is 5. The third-order valence-electron chi connectivity index (χ3n) is 3.23. The van der Waals surface area contributed by atoms with Crippen LogP contribution in [0.3, 0.4) is 0 Å². The number of nitrogens with two attached hydrogens (primary N) is 2. The molecule has 0 fully saturated rings. The lowest BCUT2D eigenvalue weighted by atomic mass is 10.0. The van der Waals surface area contributed by atoms with E-state index in [0.717, 1.165) is 21.8 Å². The predicted molar refractivity (Wildman–Crippen MR) is 99.9 cm³/mol. The maximum Gasteiger partial charge on any atom is 0.215 e. The number of thioether (sulfide) groups is 2. The molecule has 2 heterocycles. The van der Waals surface area contributed by atoms with Crippen LogP contribution in [0.25, 0.3) is 5.57 Å². The number of aliphatic imine (C=N–C) groups is 1. The molecule has 0 spiro atoms. The minimum Gasteiger partial charge on any atom is -0.399 e. The number of rotatable bonds is 4. The van der Waals surface area contributed by atoms with Gasteiger partial charge in [0.25, 0.3) is 0 Å². The number of allylic oxidation sites excluding steroid dienone is 1. The van der Waals surface area contributed by atoms with E-state index in [4.69, 9.17) is 11.5 Å². The number of tetrazole rings is 1. The van der Waals surface area contributed by atoms with Gasteiger partial charge in [-0.2, -0.15) is 0 Å². The number of hydrogen-bond acceptors (Lipinski definition) is 8. The van der Waals surface area contributed by atoms with Crippen LogP contribution in [-0.4, -0.2) is 25.3 Å². The summed E-state index contributed by atoms with van der Waals surface area (Å²) in [5, 5.41) is 15.4. The first-order valence-corrected chi connectivity index (χ1v) is 8.62. The quantitative estimate of drug-likeness (QED) is 0.639. The SMILES string of the molecule is C=C/N=C1/SC=C(c2ccc(N)cc2)/C1=C(/N)Sc1nnnn1C. The Morgan fingerprint density at radius 1 is 1.38 bits per heavy atom. The first-order chi connectivity index (χ1) is 11.6. The Morgan fingerprint density at radius 2 is 2.12 bits per heavy atom. The Labute approximate surface area is 147 Å². The lowest BCUT2D eigenvalue weighted by molar-refractivity contribution is 0.665. The second-order valence-electron chi connectivity index (χ2n) is 4.81. The predicted octanol–water partition coefficient (Wildman–Crippen LogP) is 2.38. The van der Waals surface area contributed by atoms with Gasteiger partial charge in [-0.25, -0.2) is 9.67 Å². The smallest absolute Gasteiger partial charge is 0.215 e. The molecule has 7 nitrogen and oxygen atoms in total. The molecule has 1 aliphatic rings. The molecule has 0 radical (unpaired) electrons. The normalized spacial score (nSPS) is 17.9. The molecular weight excluding hydrogens is 342 g/mol. The third kappa shape index (κ3) is 3.22. The number of aryl methyl sites for hydroxylation is 1. The Bertz CT molecular complexity index is 862. The summed E-state index contributed by atoms with van der Waals surface area (Å²) < 4.78 is 1.57. The molecule has 1 aliphatic heterocycles. The molecule has 0 aliphatic carbocycles. The van der Waals surface area contributed by atoms with Crippen molar-refractivity contribution in [3.8, 4) is 0 Å². The fourth-order valence-electron chi connectivity index (χ4n) is 2.10. The molecule has 1 aromatic heterocycles. The zero-order valence-electron chi connectivity index (χ0n) is 12.9. The van der Waals surface area contributed by atoms with E-state index in [0.29, 0.717) is 15.9 Å². The van der Waals surface area contributed by atoms with Crippen molar-refractivity contribution >= 4 is 39.8 Å². The summed E-state index contributed by atoms with van der Waals surface area (Å²) >= 11 is 2.80. The summed E-state index contributed by atoms with van der Waals surface area (Å²) in [6.07, 6.45) is 1.50. The van der Waals surface area contributed by atoms with E-state index in [1.165, 1.54) is 29.7 Å².